The van der Waals surface area contributed by atoms with E-state index in [9.17, 15) is 14.4 Å². The summed E-state index contributed by atoms with van der Waals surface area (Å²) >= 11 is 7.39. The minimum absolute atomic E-state index is 0.171. The van der Waals surface area contributed by atoms with Crippen LogP contribution in [-0.4, -0.2) is 47.5 Å². The van der Waals surface area contributed by atoms with Crippen LogP contribution in [-0.2, 0) is 14.4 Å². The normalized spacial score (nSPS) is 18.7. The van der Waals surface area contributed by atoms with E-state index in [1.165, 1.54) is 16.7 Å². The number of fused-ring (bicyclic) bond motifs is 1. The summed E-state index contributed by atoms with van der Waals surface area (Å²) in [4.78, 5) is 43.1. The second kappa shape index (κ2) is 9.10. The van der Waals surface area contributed by atoms with Gasteiger partial charge in [0.1, 0.15) is 6.54 Å². The highest BCUT2D eigenvalue weighted by atomic mass is 35.5. The molecule has 6 nitrogen and oxygen atoms in total. The number of likely N-dealkylation sites (tertiary alicyclic amines) is 1. The average molecular weight is 444 g/mol. The number of piperidine rings is 1. The molecule has 2 aromatic carbocycles. The van der Waals surface area contributed by atoms with E-state index in [2.05, 4.69) is 5.32 Å². The number of nitrogens with zero attached hydrogens (tertiary/aromatic N) is 2. The molecule has 4 rings (SSSR count). The molecular formula is C22H22ClN3O3S. The smallest absolute Gasteiger partial charge is 0.250 e. The Kier molecular flexibility index (Phi) is 6.29. The fraction of sp³-hybridized carbons (Fsp3) is 0.318. The van der Waals surface area contributed by atoms with Gasteiger partial charge in [0.2, 0.25) is 11.8 Å². The summed E-state index contributed by atoms with van der Waals surface area (Å²) < 4.78 is 0. The molecule has 0 saturated carbocycles. The van der Waals surface area contributed by atoms with Gasteiger partial charge in [-0.25, -0.2) is 0 Å². The van der Waals surface area contributed by atoms with E-state index in [0.717, 1.165) is 24.2 Å². The molecule has 0 spiro atoms. The van der Waals surface area contributed by atoms with Crippen molar-refractivity contribution in [2.45, 2.75) is 29.4 Å². The fourth-order valence-corrected chi connectivity index (χ4v) is 5.08. The number of hydrogen-bond donors (Lipinski definition) is 1. The molecular weight excluding hydrogens is 422 g/mol. The van der Waals surface area contributed by atoms with E-state index in [-0.39, 0.29) is 24.3 Å². The van der Waals surface area contributed by atoms with Crippen LogP contribution in [0.4, 0.5) is 11.4 Å². The number of nitrogens with one attached hydrogen (secondary N) is 1. The van der Waals surface area contributed by atoms with Crippen molar-refractivity contribution >= 4 is 52.5 Å². The molecule has 2 aliphatic rings. The van der Waals surface area contributed by atoms with Crippen molar-refractivity contribution in [1.29, 1.82) is 0 Å². The van der Waals surface area contributed by atoms with E-state index in [4.69, 9.17) is 11.6 Å². The van der Waals surface area contributed by atoms with Crippen molar-refractivity contribution in [2.75, 3.05) is 29.9 Å². The molecule has 0 radical (unpaired) electrons. The van der Waals surface area contributed by atoms with Crippen LogP contribution in [0.15, 0.2) is 53.4 Å². The fourth-order valence-electron chi connectivity index (χ4n) is 3.71. The highest BCUT2D eigenvalue weighted by Gasteiger charge is 2.41. The van der Waals surface area contributed by atoms with E-state index >= 15 is 0 Å². The molecule has 2 heterocycles. The Labute approximate surface area is 184 Å². The van der Waals surface area contributed by atoms with Gasteiger partial charge in [0.25, 0.3) is 5.91 Å². The number of rotatable bonds is 4. The van der Waals surface area contributed by atoms with Gasteiger partial charge < -0.3 is 15.1 Å². The number of benzene rings is 2. The summed E-state index contributed by atoms with van der Waals surface area (Å²) in [5.41, 5.74) is 1.13. The molecule has 0 unspecified atom stereocenters. The molecule has 8 heteroatoms. The molecule has 1 atom stereocenters. The number of para-hydroxylation sites is 2. The lowest BCUT2D eigenvalue weighted by Gasteiger charge is -2.36. The third kappa shape index (κ3) is 4.32. The number of thioether (sulfide) groups is 1. The van der Waals surface area contributed by atoms with Gasteiger partial charge in [-0.05, 0) is 43.5 Å². The average Bonchev–Trinajstić information content (AvgIpc) is 2.77. The highest BCUT2D eigenvalue weighted by Crippen LogP contribution is 2.40. The molecule has 0 bridgehead atoms. The zero-order valence-electron chi connectivity index (χ0n) is 16.3. The van der Waals surface area contributed by atoms with E-state index in [1.54, 1.807) is 35.2 Å². The first-order chi connectivity index (χ1) is 14.5. The third-order valence-electron chi connectivity index (χ3n) is 5.23. The Hall–Kier alpha value is -2.51. The van der Waals surface area contributed by atoms with Gasteiger partial charge in [-0.2, -0.15) is 0 Å². The Balaban J connectivity index is 1.56. The Morgan fingerprint density at radius 3 is 2.50 bits per heavy atom. The SMILES string of the molecule is O=C(CN1C(=O)[C@@H](C(=O)N2CCCCC2)Sc2ccccc21)Nc1ccccc1Cl. The van der Waals surface area contributed by atoms with Crippen molar-refractivity contribution < 1.29 is 14.4 Å². The monoisotopic (exact) mass is 443 g/mol. The van der Waals surface area contributed by atoms with Gasteiger partial charge in [-0.15, -0.1) is 11.8 Å². The lowest BCUT2D eigenvalue weighted by atomic mass is 10.1. The molecule has 1 N–H and O–H groups in total. The Bertz CT molecular complexity index is 978. The van der Waals surface area contributed by atoms with Crippen LogP contribution < -0.4 is 10.2 Å². The van der Waals surface area contributed by atoms with Crippen LogP contribution >= 0.6 is 23.4 Å². The second-order valence-electron chi connectivity index (χ2n) is 7.30. The van der Waals surface area contributed by atoms with Gasteiger partial charge in [0.05, 0.1) is 16.4 Å². The maximum atomic E-state index is 13.3. The van der Waals surface area contributed by atoms with Crippen molar-refractivity contribution in [3.8, 4) is 0 Å². The zero-order valence-corrected chi connectivity index (χ0v) is 17.9. The molecule has 2 aliphatic heterocycles. The summed E-state index contributed by atoms with van der Waals surface area (Å²) in [5, 5.41) is 2.30. The van der Waals surface area contributed by atoms with Crippen LogP contribution in [0.1, 0.15) is 19.3 Å². The molecule has 1 fully saturated rings. The van der Waals surface area contributed by atoms with Crippen molar-refractivity contribution in [3.63, 3.8) is 0 Å². The summed E-state index contributed by atoms with van der Waals surface area (Å²) in [6.45, 7) is 1.17. The maximum absolute atomic E-state index is 13.3. The van der Waals surface area contributed by atoms with Gasteiger partial charge in [0, 0.05) is 18.0 Å². The van der Waals surface area contributed by atoms with Gasteiger partial charge in [-0.3, -0.25) is 14.4 Å². The quantitative estimate of drug-likeness (QED) is 0.730. The lowest BCUT2D eigenvalue weighted by molar-refractivity contribution is -0.135. The third-order valence-corrected chi connectivity index (χ3v) is 6.80. The van der Waals surface area contributed by atoms with E-state index in [0.29, 0.717) is 29.5 Å². The van der Waals surface area contributed by atoms with Crippen LogP contribution in [0, 0.1) is 0 Å². The van der Waals surface area contributed by atoms with Crippen molar-refractivity contribution in [2.24, 2.45) is 0 Å². The maximum Gasteiger partial charge on any atom is 0.250 e. The minimum atomic E-state index is -0.869. The number of amides is 3. The topological polar surface area (TPSA) is 69.7 Å². The molecule has 0 aliphatic carbocycles. The van der Waals surface area contributed by atoms with Gasteiger partial charge in [-0.1, -0.05) is 35.9 Å². The zero-order chi connectivity index (χ0) is 21.1. The van der Waals surface area contributed by atoms with Gasteiger partial charge in [0.15, 0.2) is 5.25 Å². The number of carbonyl (C=O) groups excluding carboxylic acids is 3. The molecule has 30 heavy (non-hydrogen) atoms. The molecule has 2 aromatic rings. The van der Waals surface area contributed by atoms with Crippen LogP contribution in [0.5, 0.6) is 0 Å². The highest BCUT2D eigenvalue weighted by molar-refractivity contribution is 8.01. The summed E-state index contributed by atoms with van der Waals surface area (Å²) in [5.74, 6) is -0.901. The Morgan fingerprint density at radius 1 is 1.03 bits per heavy atom. The van der Waals surface area contributed by atoms with Crippen molar-refractivity contribution in [1.82, 2.24) is 4.90 Å². The number of anilines is 2. The Morgan fingerprint density at radius 2 is 1.73 bits per heavy atom. The molecule has 1 saturated heterocycles. The predicted octanol–water partition coefficient (Wildman–Crippen LogP) is 3.80. The summed E-state index contributed by atoms with van der Waals surface area (Å²) in [6.07, 6.45) is 3.02. The molecule has 0 aromatic heterocycles. The standard InChI is InChI=1S/C22H22ClN3O3S/c23-15-8-2-3-9-16(15)24-19(27)14-26-17-10-4-5-11-18(17)30-20(22(26)29)21(28)25-12-6-1-7-13-25/h2-5,8-11,20H,1,6-7,12-14H2,(H,24,27)/t20-/m1/s1. The number of carbonyl (C=O) groups is 3. The largest absolute Gasteiger partial charge is 0.341 e. The first kappa shape index (κ1) is 20.8. The number of hydrogen-bond acceptors (Lipinski definition) is 4. The predicted molar refractivity (Wildman–Crippen MR) is 119 cm³/mol. The summed E-state index contributed by atoms with van der Waals surface area (Å²) in [6, 6.07) is 14.3. The minimum Gasteiger partial charge on any atom is -0.341 e. The first-order valence-corrected chi connectivity index (χ1v) is 11.2. The van der Waals surface area contributed by atoms with Crippen molar-refractivity contribution in [3.05, 3.63) is 53.6 Å². The van der Waals surface area contributed by atoms with Crippen LogP contribution in [0.2, 0.25) is 5.02 Å². The molecule has 156 valence electrons. The van der Waals surface area contributed by atoms with Gasteiger partial charge >= 0.3 is 0 Å². The van der Waals surface area contributed by atoms with E-state index in [1.807, 2.05) is 18.2 Å². The lowest BCUT2D eigenvalue weighted by Crippen LogP contribution is -2.52. The number of halogens is 1. The molecule has 3 amide bonds. The second-order valence-corrected chi connectivity index (χ2v) is 8.86. The summed E-state index contributed by atoms with van der Waals surface area (Å²) in [7, 11) is 0. The van der Waals surface area contributed by atoms with E-state index < -0.39 is 5.25 Å². The van der Waals surface area contributed by atoms with Crippen LogP contribution in [0.3, 0.4) is 0 Å². The first-order valence-electron chi connectivity index (χ1n) is 9.95. The van der Waals surface area contributed by atoms with Crippen LogP contribution in [0.25, 0.3) is 0 Å².